The highest BCUT2D eigenvalue weighted by molar-refractivity contribution is 7.89. The van der Waals surface area contributed by atoms with Crippen molar-refractivity contribution in [1.29, 1.82) is 0 Å². The van der Waals surface area contributed by atoms with Gasteiger partial charge in [-0.05, 0) is 50.3 Å². The first-order valence-corrected chi connectivity index (χ1v) is 10.9. The van der Waals surface area contributed by atoms with E-state index in [9.17, 15) is 13.2 Å². The molecule has 0 aromatic carbocycles. The number of carbonyl (C=O) groups excluding carboxylic acids is 1. The lowest BCUT2D eigenvalue weighted by Crippen LogP contribution is -2.48. The van der Waals surface area contributed by atoms with Crippen molar-refractivity contribution in [2.75, 3.05) is 26.2 Å². The van der Waals surface area contributed by atoms with Gasteiger partial charge in [0.05, 0.1) is 0 Å². The number of amides is 1. The fraction of sp³-hybridized carbons (Fsp3) is 0.722. The van der Waals surface area contributed by atoms with Crippen LogP contribution in [0.1, 0.15) is 43.6 Å². The normalized spacial score (nSPS) is 27.0. The Morgan fingerprint density at radius 3 is 2.70 bits per heavy atom. The standard InChI is InChI=1S/C18H30N4O3S.ClH/c1-13-5-4-8-22(11-13)26(24,25)15-9-17(21(3)12-15)18(23)20-16-6-7-19-10-14(16)2;/h9,12-14,16,19H,4-8,10-11H2,1-3H3,(H,20,23);1H. The molecule has 2 saturated heterocycles. The van der Waals surface area contributed by atoms with Crippen LogP contribution in [-0.4, -0.2) is 55.4 Å². The summed E-state index contributed by atoms with van der Waals surface area (Å²) in [6, 6.07) is 1.62. The predicted octanol–water partition coefficient (Wildman–Crippen LogP) is 1.60. The van der Waals surface area contributed by atoms with Crippen LogP contribution in [0.4, 0.5) is 0 Å². The summed E-state index contributed by atoms with van der Waals surface area (Å²) in [6.45, 7) is 7.04. The highest BCUT2D eigenvalue weighted by Gasteiger charge is 2.31. The van der Waals surface area contributed by atoms with E-state index in [4.69, 9.17) is 0 Å². The number of aryl methyl sites for hydroxylation is 1. The zero-order chi connectivity index (χ0) is 18.9. The molecule has 2 aliphatic heterocycles. The van der Waals surface area contributed by atoms with E-state index in [0.29, 0.717) is 30.6 Å². The summed E-state index contributed by atoms with van der Waals surface area (Å²) in [6.07, 6.45) is 4.38. The molecule has 1 amide bonds. The van der Waals surface area contributed by atoms with Crippen LogP contribution in [0.15, 0.2) is 17.2 Å². The highest BCUT2D eigenvalue weighted by atomic mass is 35.5. The van der Waals surface area contributed by atoms with E-state index in [2.05, 4.69) is 24.5 Å². The molecule has 0 spiro atoms. The van der Waals surface area contributed by atoms with Gasteiger partial charge in [0.1, 0.15) is 10.6 Å². The summed E-state index contributed by atoms with van der Waals surface area (Å²) in [5.41, 5.74) is 0.388. The van der Waals surface area contributed by atoms with Crippen LogP contribution in [0.2, 0.25) is 0 Å². The zero-order valence-electron chi connectivity index (χ0n) is 16.3. The Morgan fingerprint density at radius 1 is 1.30 bits per heavy atom. The van der Waals surface area contributed by atoms with Crippen molar-refractivity contribution in [3.05, 3.63) is 18.0 Å². The Morgan fingerprint density at radius 2 is 2.04 bits per heavy atom. The number of hydrogen-bond donors (Lipinski definition) is 2. The van der Waals surface area contributed by atoms with Gasteiger partial charge in [0.2, 0.25) is 10.0 Å². The lowest BCUT2D eigenvalue weighted by molar-refractivity contribution is 0.0906. The summed E-state index contributed by atoms with van der Waals surface area (Å²) >= 11 is 0. The number of rotatable bonds is 4. The Balaban J connectivity index is 0.00000261. The molecule has 3 unspecified atom stereocenters. The third-order valence-electron chi connectivity index (χ3n) is 5.57. The van der Waals surface area contributed by atoms with Crippen LogP contribution < -0.4 is 10.6 Å². The van der Waals surface area contributed by atoms with Crippen LogP contribution in [-0.2, 0) is 17.1 Å². The number of carbonyl (C=O) groups is 1. The molecule has 2 fully saturated rings. The highest BCUT2D eigenvalue weighted by Crippen LogP contribution is 2.25. The van der Waals surface area contributed by atoms with Gasteiger partial charge in [0.15, 0.2) is 0 Å². The average Bonchev–Trinajstić information content (AvgIpc) is 2.99. The minimum Gasteiger partial charge on any atom is -0.348 e. The first-order chi connectivity index (χ1) is 12.3. The molecule has 1 aromatic rings. The molecule has 0 saturated carbocycles. The maximum Gasteiger partial charge on any atom is 0.268 e. The number of nitrogens with one attached hydrogen (secondary N) is 2. The fourth-order valence-corrected chi connectivity index (χ4v) is 5.56. The van der Waals surface area contributed by atoms with Crippen LogP contribution in [0, 0.1) is 11.8 Å². The van der Waals surface area contributed by atoms with Gasteiger partial charge in [-0.1, -0.05) is 13.8 Å². The van der Waals surface area contributed by atoms with Crippen molar-refractivity contribution in [3.8, 4) is 0 Å². The summed E-state index contributed by atoms with van der Waals surface area (Å²) in [5.74, 6) is 0.511. The van der Waals surface area contributed by atoms with Gasteiger partial charge in [-0.25, -0.2) is 8.42 Å². The van der Waals surface area contributed by atoms with E-state index < -0.39 is 10.0 Å². The minimum absolute atomic E-state index is 0. The van der Waals surface area contributed by atoms with Crippen molar-refractivity contribution >= 4 is 28.3 Å². The van der Waals surface area contributed by atoms with E-state index >= 15 is 0 Å². The van der Waals surface area contributed by atoms with Crippen LogP contribution in [0.3, 0.4) is 0 Å². The summed E-state index contributed by atoms with van der Waals surface area (Å²) in [7, 11) is -1.83. The maximum absolute atomic E-state index is 12.9. The maximum atomic E-state index is 12.9. The molecule has 9 heteroatoms. The number of nitrogens with zero attached hydrogens (tertiary/aromatic N) is 2. The van der Waals surface area contributed by atoms with Gasteiger partial charge in [-0.2, -0.15) is 4.31 Å². The first kappa shape index (κ1) is 22.2. The van der Waals surface area contributed by atoms with Gasteiger partial charge < -0.3 is 15.2 Å². The first-order valence-electron chi connectivity index (χ1n) is 9.47. The Bertz CT molecular complexity index is 765. The summed E-state index contributed by atoms with van der Waals surface area (Å²) in [4.78, 5) is 12.9. The van der Waals surface area contributed by atoms with Gasteiger partial charge in [-0.3, -0.25) is 4.79 Å². The molecule has 3 rings (SSSR count). The minimum atomic E-state index is -3.55. The second kappa shape index (κ2) is 8.94. The lowest BCUT2D eigenvalue weighted by Gasteiger charge is -2.30. The second-order valence-electron chi connectivity index (χ2n) is 7.83. The van der Waals surface area contributed by atoms with E-state index in [0.717, 1.165) is 32.4 Å². The molecule has 0 aliphatic carbocycles. The van der Waals surface area contributed by atoms with Crippen LogP contribution in [0.25, 0.3) is 0 Å². The molecule has 1 aromatic heterocycles. The number of halogens is 1. The molecule has 3 heterocycles. The van der Waals surface area contributed by atoms with E-state index in [1.54, 1.807) is 22.1 Å². The predicted molar refractivity (Wildman–Crippen MR) is 108 cm³/mol. The third kappa shape index (κ3) is 4.85. The fourth-order valence-electron chi connectivity index (χ4n) is 3.89. The number of piperidine rings is 2. The van der Waals surface area contributed by atoms with Crippen LogP contribution in [0.5, 0.6) is 0 Å². The SMILES string of the molecule is CC1CCCN(S(=O)(=O)c2cc(C(=O)NC3CCNCC3C)n(C)c2)C1.Cl. The van der Waals surface area contributed by atoms with Crippen molar-refractivity contribution in [3.63, 3.8) is 0 Å². The number of hydrogen-bond acceptors (Lipinski definition) is 4. The van der Waals surface area contributed by atoms with Gasteiger partial charge in [-0.15, -0.1) is 12.4 Å². The second-order valence-corrected chi connectivity index (χ2v) is 9.77. The van der Waals surface area contributed by atoms with Crippen molar-refractivity contribution < 1.29 is 13.2 Å². The molecule has 0 radical (unpaired) electrons. The monoisotopic (exact) mass is 418 g/mol. The third-order valence-corrected chi connectivity index (χ3v) is 7.40. The smallest absolute Gasteiger partial charge is 0.268 e. The quantitative estimate of drug-likeness (QED) is 0.777. The van der Waals surface area contributed by atoms with E-state index in [1.165, 1.54) is 6.07 Å². The Labute approximate surface area is 168 Å². The molecule has 0 bridgehead atoms. The Hall–Kier alpha value is -1.09. The van der Waals surface area contributed by atoms with Crippen molar-refractivity contribution in [1.82, 2.24) is 19.5 Å². The lowest BCUT2D eigenvalue weighted by atomic mass is 9.95. The number of aromatic nitrogens is 1. The van der Waals surface area contributed by atoms with Crippen LogP contribution >= 0.6 is 12.4 Å². The zero-order valence-corrected chi connectivity index (χ0v) is 17.9. The molecule has 7 nitrogen and oxygen atoms in total. The van der Waals surface area contributed by atoms with Gasteiger partial charge in [0, 0.05) is 32.4 Å². The van der Waals surface area contributed by atoms with Gasteiger partial charge >= 0.3 is 0 Å². The molecular weight excluding hydrogens is 388 g/mol. The molecule has 2 aliphatic rings. The average molecular weight is 419 g/mol. The molecule has 3 atom stereocenters. The van der Waals surface area contributed by atoms with Crippen molar-refractivity contribution in [2.24, 2.45) is 18.9 Å². The largest absolute Gasteiger partial charge is 0.348 e. The van der Waals surface area contributed by atoms with E-state index in [1.807, 2.05) is 0 Å². The van der Waals surface area contributed by atoms with Gasteiger partial charge in [0.25, 0.3) is 5.91 Å². The topological polar surface area (TPSA) is 83.4 Å². The summed E-state index contributed by atoms with van der Waals surface area (Å²) in [5, 5.41) is 6.38. The number of sulfonamides is 1. The molecular formula is C18H31ClN4O3S. The molecule has 154 valence electrons. The van der Waals surface area contributed by atoms with E-state index in [-0.39, 0.29) is 29.3 Å². The molecule has 27 heavy (non-hydrogen) atoms. The Kier molecular flexibility index (Phi) is 7.35. The molecule has 2 N–H and O–H groups in total. The summed E-state index contributed by atoms with van der Waals surface area (Å²) < 4.78 is 29.0. The van der Waals surface area contributed by atoms with Crippen molar-refractivity contribution in [2.45, 2.75) is 44.0 Å².